The van der Waals surface area contributed by atoms with Crippen LogP contribution in [0.4, 0.5) is 5.69 Å². The minimum atomic E-state index is -0.0751. The van der Waals surface area contributed by atoms with E-state index in [1.54, 1.807) is 12.4 Å². The van der Waals surface area contributed by atoms with Crippen LogP contribution in [0, 0.1) is 6.92 Å². The highest BCUT2D eigenvalue weighted by Gasteiger charge is 2.05. The summed E-state index contributed by atoms with van der Waals surface area (Å²) in [5.41, 5.74) is 2.69. The normalized spacial score (nSPS) is 10.3. The molecule has 1 heterocycles. The lowest BCUT2D eigenvalue weighted by Gasteiger charge is -2.08. The van der Waals surface area contributed by atoms with E-state index in [0.29, 0.717) is 31.0 Å². The third-order valence-corrected chi connectivity index (χ3v) is 3.77. The number of anilines is 1. The second-order valence-corrected chi connectivity index (χ2v) is 5.98. The number of aryl methyl sites for hydroxylation is 1. The first kappa shape index (κ1) is 17.6. The molecule has 0 aliphatic carbocycles. The van der Waals surface area contributed by atoms with E-state index in [-0.39, 0.29) is 5.91 Å². The Morgan fingerprint density at radius 1 is 1.04 bits per heavy atom. The number of benzene rings is 2. The van der Waals surface area contributed by atoms with Gasteiger partial charge in [0.2, 0.25) is 5.91 Å². The van der Waals surface area contributed by atoms with E-state index in [1.165, 1.54) is 0 Å². The van der Waals surface area contributed by atoms with Gasteiger partial charge in [0, 0.05) is 12.0 Å². The number of rotatable bonds is 7. The molecule has 2 aromatic carbocycles. The first-order valence-electron chi connectivity index (χ1n) is 8.57. The van der Waals surface area contributed by atoms with E-state index in [9.17, 15) is 4.79 Å². The summed E-state index contributed by atoms with van der Waals surface area (Å²) in [6, 6.07) is 17.6. The Morgan fingerprint density at radius 2 is 1.81 bits per heavy atom. The van der Waals surface area contributed by atoms with Crippen molar-refractivity contribution in [2.24, 2.45) is 0 Å². The summed E-state index contributed by atoms with van der Waals surface area (Å²) < 4.78 is 5.65. The fraction of sp³-hybridized carbons (Fsp3) is 0.190. The average molecular weight is 347 g/mol. The summed E-state index contributed by atoms with van der Waals surface area (Å²) in [6.07, 6.45) is 4.27. The maximum Gasteiger partial charge on any atom is 0.224 e. The van der Waals surface area contributed by atoms with Gasteiger partial charge in [-0.1, -0.05) is 42.5 Å². The lowest BCUT2D eigenvalue weighted by Crippen LogP contribution is -2.13. The highest BCUT2D eigenvalue weighted by molar-refractivity contribution is 5.90. The maximum absolute atomic E-state index is 12.0. The van der Waals surface area contributed by atoms with Crippen LogP contribution in [0.3, 0.4) is 0 Å². The van der Waals surface area contributed by atoms with Crippen molar-refractivity contribution in [1.29, 1.82) is 0 Å². The summed E-state index contributed by atoms with van der Waals surface area (Å²) in [4.78, 5) is 20.6. The predicted molar refractivity (Wildman–Crippen MR) is 102 cm³/mol. The summed E-state index contributed by atoms with van der Waals surface area (Å²) in [5, 5.41) is 2.81. The molecule has 0 fully saturated rings. The average Bonchev–Trinajstić information content (AvgIpc) is 2.67. The standard InChI is InChI=1S/C21H21N3O2/c1-16-7-5-10-19(13-16)26-12-6-11-20(25)24-18-14-22-21(23-15-18)17-8-3-2-4-9-17/h2-5,7-10,13-15H,6,11-12H2,1H3,(H,24,25). The molecule has 0 unspecified atom stereocenters. The Morgan fingerprint density at radius 3 is 2.54 bits per heavy atom. The van der Waals surface area contributed by atoms with E-state index < -0.39 is 0 Å². The molecule has 0 spiro atoms. The van der Waals surface area contributed by atoms with Gasteiger partial charge in [-0.3, -0.25) is 4.79 Å². The van der Waals surface area contributed by atoms with Crippen LogP contribution in [0.5, 0.6) is 5.75 Å². The van der Waals surface area contributed by atoms with Gasteiger partial charge < -0.3 is 10.1 Å². The van der Waals surface area contributed by atoms with Crippen LogP contribution >= 0.6 is 0 Å². The predicted octanol–water partition coefficient (Wildman–Crippen LogP) is 4.25. The molecule has 0 saturated carbocycles. The summed E-state index contributed by atoms with van der Waals surface area (Å²) in [6.45, 7) is 2.52. The number of hydrogen-bond acceptors (Lipinski definition) is 4. The van der Waals surface area contributed by atoms with Gasteiger partial charge >= 0.3 is 0 Å². The van der Waals surface area contributed by atoms with Crippen LogP contribution in [0.1, 0.15) is 18.4 Å². The van der Waals surface area contributed by atoms with Crippen LogP contribution in [-0.2, 0) is 4.79 Å². The molecule has 0 radical (unpaired) electrons. The molecule has 0 aliphatic heterocycles. The van der Waals surface area contributed by atoms with Gasteiger partial charge in [-0.25, -0.2) is 9.97 Å². The molecule has 132 valence electrons. The minimum Gasteiger partial charge on any atom is -0.494 e. The first-order chi connectivity index (χ1) is 12.7. The molecule has 5 nitrogen and oxygen atoms in total. The summed E-state index contributed by atoms with van der Waals surface area (Å²) in [7, 11) is 0. The lowest BCUT2D eigenvalue weighted by molar-refractivity contribution is -0.116. The topological polar surface area (TPSA) is 64.1 Å². The van der Waals surface area contributed by atoms with Gasteiger partial charge in [-0.15, -0.1) is 0 Å². The fourth-order valence-electron chi connectivity index (χ4n) is 2.48. The van der Waals surface area contributed by atoms with Crippen LogP contribution < -0.4 is 10.1 Å². The Kier molecular flexibility index (Phi) is 5.93. The third-order valence-electron chi connectivity index (χ3n) is 3.77. The van der Waals surface area contributed by atoms with Crippen LogP contribution in [-0.4, -0.2) is 22.5 Å². The number of carbonyl (C=O) groups is 1. The lowest BCUT2D eigenvalue weighted by atomic mass is 10.2. The maximum atomic E-state index is 12.0. The monoisotopic (exact) mass is 347 g/mol. The number of carbonyl (C=O) groups excluding carboxylic acids is 1. The van der Waals surface area contributed by atoms with E-state index >= 15 is 0 Å². The molecule has 5 heteroatoms. The molecule has 0 bridgehead atoms. The van der Waals surface area contributed by atoms with E-state index in [4.69, 9.17) is 4.74 Å². The molecule has 1 N–H and O–H groups in total. The molecule has 0 atom stereocenters. The van der Waals surface area contributed by atoms with Crippen molar-refractivity contribution in [3.8, 4) is 17.1 Å². The third kappa shape index (κ3) is 5.14. The number of aromatic nitrogens is 2. The Bertz CT molecular complexity index is 849. The molecule has 1 aromatic heterocycles. The smallest absolute Gasteiger partial charge is 0.224 e. The number of nitrogens with one attached hydrogen (secondary N) is 1. The van der Waals surface area contributed by atoms with Crippen molar-refractivity contribution in [2.45, 2.75) is 19.8 Å². The van der Waals surface area contributed by atoms with Crippen molar-refractivity contribution in [3.05, 3.63) is 72.6 Å². The SMILES string of the molecule is Cc1cccc(OCCCC(=O)Nc2cnc(-c3ccccc3)nc2)c1. The van der Waals surface area contributed by atoms with Crippen molar-refractivity contribution >= 4 is 11.6 Å². The second-order valence-electron chi connectivity index (χ2n) is 5.98. The van der Waals surface area contributed by atoms with E-state index in [2.05, 4.69) is 15.3 Å². The number of ether oxygens (including phenoxy) is 1. The molecule has 0 aliphatic rings. The van der Waals surface area contributed by atoms with Gasteiger partial charge in [0.1, 0.15) is 5.75 Å². The van der Waals surface area contributed by atoms with Crippen LogP contribution in [0.2, 0.25) is 0 Å². The molecule has 26 heavy (non-hydrogen) atoms. The first-order valence-corrected chi connectivity index (χ1v) is 8.57. The zero-order chi connectivity index (χ0) is 18.2. The zero-order valence-electron chi connectivity index (χ0n) is 14.7. The van der Waals surface area contributed by atoms with Gasteiger partial charge in [0.15, 0.2) is 5.82 Å². The molecule has 3 rings (SSSR count). The van der Waals surface area contributed by atoms with Crippen molar-refractivity contribution in [2.75, 3.05) is 11.9 Å². The van der Waals surface area contributed by atoms with E-state index in [1.807, 2.05) is 61.5 Å². The number of amides is 1. The molecule has 3 aromatic rings. The van der Waals surface area contributed by atoms with Gasteiger partial charge in [-0.2, -0.15) is 0 Å². The highest BCUT2D eigenvalue weighted by Crippen LogP contribution is 2.15. The highest BCUT2D eigenvalue weighted by atomic mass is 16.5. The number of nitrogens with zero attached hydrogens (tertiary/aromatic N) is 2. The van der Waals surface area contributed by atoms with Gasteiger partial charge in [-0.05, 0) is 31.0 Å². The summed E-state index contributed by atoms with van der Waals surface area (Å²) in [5.74, 6) is 1.39. The van der Waals surface area contributed by atoms with Crippen molar-refractivity contribution in [3.63, 3.8) is 0 Å². The second kappa shape index (κ2) is 8.76. The van der Waals surface area contributed by atoms with E-state index in [0.717, 1.165) is 16.9 Å². The number of hydrogen-bond donors (Lipinski definition) is 1. The molecular weight excluding hydrogens is 326 g/mol. The van der Waals surface area contributed by atoms with Crippen LogP contribution in [0.25, 0.3) is 11.4 Å². The van der Waals surface area contributed by atoms with Gasteiger partial charge in [0.05, 0.1) is 24.7 Å². The Hall–Kier alpha value is -3.21. The Balaban J connectivity index is 1.43. The molecule has 0 saturated heterocycles. The van der Waals surface area contributed by atoms with Crippen molar-refractivity contribution < 1.29 is 9.53 Å². The molecular formula is C21H21N3O2. The minimum absolute atomic E-state index is 0.0751. The Labute approximate surface area is 153 Å². The van der Waals surface area contributed by atoms with Gasteiger partial charge in [0.25, 0.3) is 0 Å². The van der Waals surface area contributed by atoms with Crippen LogP contribution in [0.15, 0.2) is 67.0 Å². The zero-order valence-corrected chi connectivity index (χ0v) is 14.7. The summed E-state index contributed by atoms with van der Waals surface area (Å²) >= 11 is 0. The largest absolute Gasteiger partial charge is 0.494 e. The quantitative estimate of drug-likeness (QED) is 0.649. The fourth-order valence-corrected chi connectivity index (χ4v) is 2.48. The van der Waals surface area contributed by atoms with Crippen molar-refractivity contribution in [1.82, 2.24) is 9.97 Å². The molecule has 1 amide bonds.